The molecule has 140 valence electrons. The van der Waals surface area contributed by atoms with Crippen LogP contribution in [0.2, 0.25) is 0 Å². The topological polar surface area (TPSA) is 73.6 Å². The Morgan fingerprint density at radius 1 is 1.26 bits per heavy atom. The van der Waals surface area contributed by atoms with Crippen LogP contribution in [-0.4, -0.2) is 50.1 Å². The third-order valence-electron chi connectivity index (χ3n) is 4.96. The van der Waals surface area contributed by atoms with Gasteiger partial charge >= 0.3 is 0 Å². The van der Waals surface area contributed by atoms with Crippen molar-refractivity contribution in [2.45, 2.75) is 25.9 Å². The number of rotatable bonds is 4. The Morgan fingerprint density at radius 3 is 2.52 bits per heavy atom. The van der Waals surface area contributed by atoms with Crippen LogP contribution >= 0.6 is 0 Å². The molecular formula is C21H23N3O3. The van der Waals surface area contributed by atoms with E-state index in [1.807, 2.05) is 49.3 Å². The minimum atomic E-state index is -0.532. The van der Waals surface area contributed by atoms with Gasteiger partial charge in [-0.05, 0) is 49.1 Å². The van der Waals surface area contributed by atoms with E-state index < -0.39 is 5.91 Å². The van der Waals surface area contributed by atoms with Crippen LogP contribution in [0.3, 0.4) is 0 Å². The molecule has 1 fully saturated rings. The molecule has 2 aliphatic rings. The molecule has 27 heavy (non-hydrogen) atoms. The number of ether oxygens (including phenoxy) is 1. The maximum atomic E-state index is 13.0. The van der Waals surface area contributed by atoms with Gasteiger partial charge in [-0.3, -0.25) is 14.5 Å². The van der Waals surface area contributed by atoms with E-state index in [0.29, 0.717) is 17.8 Å². The monoisotopic (exact) mass is 365 g/mol. The number of imide groups is 1. The van der Waals surface area contributed by atoms with Gasteiger partial charge in [0.1, 0.15) is 11.6 Å². The van der Waals surface area contributed by atoms with E-state index in [2.05, 4.69) is 0 Å². The predicted molar refractivity (Wildman–Crippen MR) is 103 cm³/mol. The molecule has 6 nitrogen and oxygen atoms in total. The molecule has 2 aliphatic heterocycles. The van der Waals surface area contributed by atoms with Crippen molar-refractivity contribution in [3.8, 4) is 6.07 Å². The molecule has 1 aromatic carbocycles. The molecule has 0 radical (unpaired) electrons. The molecule has 6 heteroatoms. The lowest BCUT2D eigenvalue weighted by atomic mass is 9.93. The number of carbonyl (C=O) groups excluding carboxylic acids is 2. The summed E-state index contributed by atoms with van der Waals surface area (Å²) in [4.78, 5) is 28.8. The SMILES string of the molecule is CC1=C(C#N)C(=O)N(CC2CCCO2)C(=O)C1=Cc1ccc(N(C)C)cc1. The quantitative estimate of drug-likeness (QED) is 0.605. The van der Waals surface area contributed by atoms with Gasteiger partial charge in [0.05, 0.1) is 12.6 Å². The Balaban J connectivity index is 1.96. The number of carbonyl (C=O) groups is 2. The summed E-state index contributed by atoms with van der Waals surface area (Å²) < 4.78 is 5.57. The molecule has 0 aromatic heterocycles. The summed E-state index contributed by atoms with van der Waals surface area (Å²) in [5.41, 5.74) is 2.71. The Morgan fingerprint density at radius 2 is 1.96 bits per heavy atom. The molecule has 0 spiro atoms. The first kappa shape index (κ1) is 18.9. The van der Waals surface area contributed by atoms with Crippen molar-refractivity contribution >= 4 is 23.6 Å². The van der Waals surface area contributed by atoms with Crippen LogP contribution in [0, 0.1) is 11.3 Å². The van der Waals surface area contributed by atoms with Crippen LogP contribution in [0.4, 0.5) is 5.69 Å². The molecule has 2 amide bonds. The number of benzene rings is 1. The Labute approximate surface area is 159 Å². The van der Waals surface area contributed by atoms with Gasteiger partial charge in [-0.2, -0.15) is 5.26 Å². The fourth-order valence-corrected chi connectivity index (χ4v) is 3.32. The zero-order valence-electron chi connectivity index (χ0n) is 15.9. The highest BCUT2D eigenvalue weighted by molar-refractivity contribution is 6.19. The van der Waals surface area contributed by atoms with Gasteiger partial charge in [0.25, 0.3) is 11.8 Å². The summed E-state index contributed by atoms with van der Waals surface area (Å²) in [5.74, 6) is -0.903. The molecule has 3 rings (SSSR count). The molecule has 1 saturated heterocycles. The molecule has 1 atom stereocenters. The van der Waals surface area contributed by atoms with Crippen LogP contribution in [0.15, 0.2) is 41.0 Å². The van der Waals surface area contributed by atoms with E-state index >= 15 is 0 Å². The summed E-state index contributed by atoms with van der Waals surface area (Å²) in [6.45, 7) is 2.48. The molecule has 1 unspecified atom stereocenters. The number of nitrogens with zero attached hydrogens (tertiary/aromatic N) is 3. The van der Waals surface area contributed by atoms with Crippen molar-refractivity contribution in [1.29, 1.82) is 5.26 Å². The van der Waals surface area contributed by atoms with Crippen LogP contribution in [0.25, 0.3) is 6.08 Å². The summed E-state index contributed by atoms with van der Waals surface area (Å²) in [6, 6.07) is 9.71. The van der Waals surface area contributed by atoms with E-state index in [1.165, 1.54) is 0 Å². The van der Waals surface area contributed by atoms with Gasteiger partial charge < -0.3 is 9.64 Å². The molecule has 0 aliphatic carbocycles. The van der Waals surface area contributed by atoms with Crippen molar-refractivity contribution in [1.82, 2.24) is 4.90 Å². The second-order valence-electron chi connectivity index (χ2n) is 7.01. The molecule has 2 heterocycles. The van der Waals surface area contributed by atoms with Gasteiger partial charge in [0.15, 0.2) is 0 Å². The first-order valence-electron chi connectivity index (χ1n) is 9.00. The van der Waals surface area contributed by atoms with E-state index in [-0.39, 0.29) is 24.1 Å². The van der Waals surface area contributed by atoms with Gasteiger partial charge in [0.2, 0.25) is 0 Å². The molecule has 0 N–H and O–H groups in total. The molecule has 1 aromatic rings. The largest absolute Gasteiger partial charge is 0.378 e. The van der Waals surface area contributed by atoms with E-state index in [1.54, 1.807) is 13.0 Å². The van der Waals surface area contributed by atoms with E-state index in [9.17, 15) is 14.9 Å². The third kappa shape index (κ3) is 3.79. The number of amides is 2. The van der Waals surface area contributed by atoms with E-state index in [4.69, 9.17) is 4.74 Å². The van der Waals surface area contributed by atoms with Crippen LogP contribution in [0.5, 0.6) is 0 Å². The lowest BCUT2D eigenvalue weighted by Crippen LogP contribution is -2.46. The fourth-order valence-electron chi connectivity index (χ4n) is 3.32. The van der Waals surface area contributed by atoms with Crippen molar-refractivity contribution in [2.75, 3.05) is 32.1 Å². The first-order valence-corrected chi connectivity index (χ1v) is 9.00. The first-order chi connectivity index (χ1) is 12.9. The highest BCUT2D eigenvalue weighted by Crippen LogP contribution is 2.28. The maximum absolute atomic E-state index is 13.0. The minimum absolute atomic E-state index is 0.0174. The van der Waals surface area contributed by atoms with Crippen molar-refractivity contribution in [3.05, 3.63) is 46.5 Å². The molecular weight excluding hydrogens is 342 g/mol. The van der Waals surface area contributed by atoms with Gasteiger partial charge in [-0.25, -0.2) is 0 Å². The second kappa shape index (κ2) is 7.77. The average Bonchev–Trinajstić information content (AvgIpc) is 3.16. The Kier molecular flexibility index (Phi) is 5.43. The number of hydrogen-bond acceptors (Lipinski definition) is 5. The fraction of sp³-hybridized carbons (Fsp3) is 0.381. The van der Waals surface area contributed by atoms with Crippen molar-refractivity contribution in [2.24, 2.45) is 0 Å². The third-order valence-corrected chi connectivity index (χ3v) is 4.96. The standard InChI is InChI=1S/C21H23N3O3/c1-14-18(11-15-6-8-16(9-7-15)23(2)3)20(25)24(21(26)19(14)12-22)13-17-5-4-10-27-17/h6-9,11,17H,4-5,10,13H2,1-3H3. The minimum Gasteiger partial charge on any atom is -0.378 e. The Bertz CT molecular complexity index is 854. The van der Waals surface area contributed by atoms with Crippen LogP contribution in [0.1, 0.15) is 25.3 Å². The summed E-state index contributed by atoms with van der Waals surface area (Å²) in [5, 5.41) is 9.45. The van der Waals surface area contributed by atoms with Crippen molar-refractivity contribution in [3.63, 3.8) is 0 Å². The lowest BCUT2D eigenvalue weighted by molar-refractivity contribution is -0.142. The lowest BCUT2D eigenvalue weighted by Gasteiger charge is -2.29. The predicted octanol–water partition coefficient (Wildman–Crippen LogP) is 2.52. The summed E-state index contributed by atoms with van der Waals surface area (Å²) in [7, 11) is 3.91. The van der Waals surface area contributed by atoms with Crippen molar-refractivity contribution < 1.29 is 14.3 Å². The maximum Gasteiger partial charge on any atom is 0.271 e. The average molecular weight is 365 g/mol. The van der Waals surface area contributed by atoms with Gasteiger partial charge in [0, 0.05) is 32.0 Å². The zero-order chi connectivity index (χ0) is 19.6. The van der Waals surface area contributed by atoms with Gasteiger partial charge in [-0.15, -0.1) is 0 Å². The van der Waals surface area contributed by atoms with Gasteiger partial charge in [-0.1, -0.05) is 12.1 Å². The number of hydrogen-bond donors (Lipinski definition) is 0. The van der Waals surface area contributed by atoms with Crippen LogP contribution < -0.4 is 4.90 Å². The van der Waals surface area contributed by atoms with E-state index in [0.717, 1.165) is 29.0 Å². The molecule has 0 bridgehead atoms. The normalized spacial score (nSPS) is 21.8. The Hall–Kier alpha value is -2.91. The second-order valence-corrected chi connectivity index (χ2v) is 7.01. The highest BCUT2D eigenvalue weighted by atomic mass is 16.5. The highest BCUT2D eigenvalue weighted by Gasteiger charge is 2.37. The zero-order valence-corrected chi connectivity index (χ0v) is 15.9. The van der Waals surface area contributed by atoms with Crippen LogP contribution in [-0.2, 0) is 14.3 Å². The summed E-state index contributed by atoms with van der Waals surface area (Å²) >= 11 is 0. The molecule has 0 saturated carbocycles. The summed E-state index contributed by atoms with van der Waals surface area (Å²) in [6.07, 6.45) is 3.31. The number of anilines is 1. The number of nitriles is 1. The smallest absolute Gasteiger partial charge is 0.271 e.